The molecule has 0 radical (unpaired) electrons. The van der Waals surface area contributed by atoms with Gasteiger partial charge in [0.1, 0.15) is 5.82 Å². The molecule has 0 atom stereocenters. The van der Waals surface area contributed by atoms with Crippen LogP contribution in [0.15, 0.2) is 48.8 Å². The average Bonchev–Trinajstić information content (AvgIpc) is 3.07. The molecule has 0 saturated heterocycles. The number of benzene rings is 1. The SMILES string of the molecule is Cc1cc(NCc2ccc(-n3cccn3)cc2)n(C)n1. The zero-order chi connectivity index (χ0) is 13.9. The summed E-state index contributed by atoms with van der Waals surface area (Å²) in [4.78, 5) is 0. The molecule has 3 aromatic rings. The molecular formula is C15H17N5. The van der Waals surface area contributed by atoms with Crippen LogP contribution in [0.5, 0.6) is 0 Å². The molecule has 0 fully saturated rings. The second kappa shape index (κ2) is 5.21. The van der Waals surface area contributed by atoms with Crippen molar-refractivity contribution in [2.45, 2.75) is 13.5 Å². The van der Waals surface area contributed by atoms with Gasteiger partial charge in [-0.25, -0.2) is 4.68 Å². The largest absolute Gasteiger partial charge is 0.366 e. The van der Waals surface area contributed by atoms with E-state index in [2.05, 4.69) is 39.8 Å². The predicted octanol–water partition coefficient (Wildman–Crippen LogP) is 2.53. The predicted molar refractivity (Wildman–Crippen MR) is 78.8 cm³/mol. The van der Waals surface area contributed by atoms with Gasteiger partial charge in [-0.05, 0) is 30.7 Å². The van der Waals surface area contributed by atoms with Crippen LogP contribution in [0.3, 0.4) is 0 Å². The fourth-order valence-electron chi connectivity index (χ4n) is 2.16. The van der Waals surface area contributed by atoms with Crippen molar-refractivity contribution in [2.75, 3.05) is 5.32 Å². The van der Waals surface area contributed by atoms with E-state index in [-0.39, 0.29) is 0 Å². The summed E-state index contributed by atoms with van der Waals surface area (Å²) in [7, 11) is 1.94. The van der Waals surface area contributed by atoms with Gasteiger partial charge in [-0.1, -0.05) is 12.1 Å². The molecule has 1 N–H and O–H groups in total. The van der Waals surface area contributed by atoms with Crippen LogP contribution in [0.2, 0.25) is 0 Å². The minimum atomic E-state index is 0.776. The van der Waals surface area contributed by atoms with Crippen LogP contribution in [-0.2, 0) is 13.6 Å². The smallest absolute Gasteiger partial charge is 0.124 e. The van der Waals surface area contributed by atoms with Crippen molar-refractivity contribution < 1.29 is 0 Å². The Labute approximate surface area is 117 Å². The molecule has 2 aromatic heterocycles. The third-order valence-electron chi connectivity index (χ3n) is 3.18. The van der Waals surface area contributed by atoms with Crippen LogP contribution in [0.4, 0.5) is 5.82 Å². The van der Waals surface area contributed by atoms with E-state index in [9.17, 15) is 0 Å². The molecule has 0 unspecified atom stereocenters. The first-order chi connectivity index (χ1) is 9.72. The molecular weight excluding hydrogens is 250 g/mol. The molecule has 0 aliphatic rings. The number of hydrogen-bond donors (Lipinski definition) is 1. The number of rotatable bonds is 4. The Kier molecular flexibility index (Phi) is 3.25. The van der Waals surface area contributed by atoms with Crippen molar-refractivity contribution in [3.8, 4) is 5.69 Å². The first-order valence-corrected chi connectivity index (χ1v) is 6.56. The molecule has 0 bridgehead atoms. The van der Waals surface area contributed by atoms with Crippen molar-refractivity contribution in [3.63, 3.8) is 0 Å². The molecule has 0 amide bonds. The molecule has 20 heavy (non-hydrogen) atoms. The number of nitrogens with one attached hydrogen (secondary N) is 1. The van der Waals surface area contributed by atoms with Gasteiger partial charge in [0.15, 0.2) is 0 Å². The highest BCUT2D eigenvalue weighted by Gasteiger charge is 2.02. The van der Waals surface area contributed by atoms with E-state index in [0.717, 1.165) is 23.7 Å². The summed E-state index contributed by atoms with van der Waals surface area (Å²) in [6, 6.07) is 12.3. The lowest BCUT2D eigenvalue weighted by atomic mass is 10.2. The lowest BCUT2D eigenvalue weighted by Crippen LogP contribution is -2.04. The number of anilines is 1. The first-order valence-electron chi connectivity index (χ1n) is 6.56. The second-order valence-electron chi connectivity index (χ2n) is 4.77. The van der Waals surface area contributed by atoms with E-state index in [1.807, 2.05) is 41.7 Å². The molecule has 102 valence electrons. The van der Waals surface area contributed by atoms with Crippen LogP contribution >= 0.6 is 0 Å². The molecule has 5 heteroatoms. The minimum absolute atomic E-state index is 0.776. The molecule has 1 aromatic carbocycles. The number of hydrogen-bond acceptors (Lipinski definition) is 3. The standard InChI is InChI=1S/C15H17N5/c1-12-10-15(19(2)18-12)16-11-13-4-6-14(7-5-13)20-9-3-8-17-20/h3-10,16H,11H2,1-2H3. The van der Waals surface area contributed by atoms with Gasteiger partial charge in [-0.3, -0.25) is 4.68 Å². The first kappa shape index (κ1) is 12.5. The third kappa shape index (κ3) is 2.56. The monoisotopic (exact) mass is 267 g/mol. The van der Waals surface area contributed by atoms with Crippen LogP contribution in [0, 0.1) is 6.92 Å². The molecule has 0 aliphatic carbocycles. The van der Waals surface area contributed by atoms with Crippen molar-refractivity contribution in [1.29, 1.82) is 0 Å². The van der Waals surface area contributed by atoms with Crippen molar-refractivity contribution >= 4 is 5.82 Å². The fourth-order valence-corrected chi connectivity index (χ4v) is 2.16. The van der Waals surface area contributed by atoms with E-state index in [0.29, 0.717) is 0 Å². The van der Waals surface area contributed by atoms with E-state index in [1.165, 1.54) is 5.56 Å². The summed E-state index contributed by atoms with van der Waals surface area (Å²) in [5.41, 5.74) is 3.30. The van der Waals surface area contributed by atoms with Crippen LogP contribution < -0.4 is 5.32 Å². The summed E-state index contributed by atoms with van der Waals surface area (Å²) in [5.74, 6) is 1.03. The Balaban J connectivity index is 1.68. The lowest BCUT2D eigenvalue weighted by Gasteiger charge is -2.07. The number of aromatic nitrogens is 4. The van der Waals surface area contributed by atoms with Crippen LogP contribution in [0.1, 0.15) is 11.3 Å². The zero-order valence-electron chi connectivity index (χ0n) is 11.6. The Morgan fingerprint density at radius 3 is 2.60 bits per heavy atom. The minimum Gasteiger partial charge on any atom is -0.366 e. The lowest BCUT2D eigenvalue weighted by molar-refractivity contribution is 0.758. The molecule has 3 rings (SSSR count). The molecule has 0 aliphatic heterocycles. The Morgan fingerprint density at radius 1 is 1.20 bits per heavy atom. The molecule has 5 nitrogen and oxygen atoms in total. The highest BCUT2D eigenvalue weighted by molar-refractivity contribution is 5.39. The summed E-state index contributed by atoms with van der Waals surface area (Å²) in [6.45, 7) is 2.77. The summed E-state index contributed by atoms with van der Waals surface area (Å²) < 4.78 is 3.70. The van der Waals surface area contributed by atoms with Crippen LogP contribution in [-0.4, -0.2) is 19.6 Å². The normalized spacial score (nSPS) is 10.7. The maximum Gasteiger partial charge on any atom is 0.124 e. The highest BCUT2D eigenvalue weighted by atomic mass is 15.3. The van der Waals surface area contributed by atoms with Gasteiger partial charge in [-0.2, -0.15) is 10.2 Å². The van der Waals surface area contributed by atoms with Crippen LogP contribution in [0.25, 0.3) is 5.69 Å². The fraction of sp³-hybridized carbons (Fsp3) is 0.200. The quantitative estimate of drug-likeness (QED) is 0.790. The summed E-state index contributed by atoms with van der Waals surface area (Å²) >= 11 is 0. The Morgan fingerprint density at radius 2 is 2.00 bits per heavy atom. The second-order valence-corrected chi connectivity index (χ2v) is 4.77. The van der Waals surface area contributed by atoms with Gasteiger partial charge >= 0.3 is 0 Å². The van der Waals surface area contributed by atoms with Crippen molar-refractivity contribution in [3.05, 3.63) is 60.0 Å². The number of aryl methyl sites for hydroxylation is 2. The zero-order valence-corrected chi connectivity index (χ0v) is 11.6. The summed E-state index contributed by atoms with van der Waals surface area (Å²) in [5, 5.41) is 11.9. The molecule has 0 spiro atoms. The maximum absolute atomic E-state index is 4.31. The average molecular weight is 267 g/mol. The van der Waals surface area contributed by atoms with E-state index >= 15 is 0 Å². The Hall–Kier alpha value is -2.56. The van der Waals surface area contributed by atoms with Gasteiger partial charge < -0.3 is 5.32 Å². The van der Waals surface area contributed by atoms with Crippen molar-refractivity contribution in [2.24, 2.45) is 7.05 Å². The van der Waals surface area contributed by atoms with E-state index in [1.54, 1.807) is 6.20 Å². The Bertz CT molecular complexity index is 680. The number of nitrogens with zero attached hydrogens (tertiary/aromatic N) is 4. The van der Waals surface area contributed by atoms with Crippen molar-refractivity contribution in [1.82, 2.24) is 19.6 Å². The van der Waals surface area contributed by atoms with Gasteiger partial charge in [-0.15, -0.1) is 0 Å². The highest BCUT2D eigenvalue weighted by Crippen LogP contribution is 2.12. The summed E-state index contributed by atoms with van der Waals surface area (Å²) in [6.07, 6.45) is 3.71. The van der Waals surface area contributed by atoms with E-state index in [4.69, 9.17) is 0 Å². The molecule has 2 heterocycles. The maximum atomic E-state index is 4.31. The van der Waals surface area contributed by atoms with E-state index < -0.39 is 0 Å². The molecule has 0 saturated carbocycles. The van der Waals surface area contributed by atoms with Gasteiger partial charge in [0.25, 0.3) is 0 Å². The van der Waals surface area contributed by atoms with Gasteiger partial charge in [0.05, 0.1) is 11.4 Å². The van der Waals surface area contributed by atoms with Gasteiger partial charge in [0.2, 0.25) is 0 Å². The third-order valence-corrected chi connectivity index (χ3v) is 3.18. The van der Waals surface area contributed by atoms with Gasteiger partial charge in [0, 0.05) is 32.1 Å². The topological polar surface area (TPSA) is 47.7 Å².